The van der Waals surface area contributed by atoms with Gasteiger partial charge in [0.1, 0.15) is 10.7 Å². The summed E-state index contributed by atoms with van der Waals surface area (Å²) in [6.45, 7) is 0.627. The Balaban J connectivity index is 1.79. The van der Waals surface area contributed by atoms with Crippen LogP contribution in [0.5, 0.6) is 0 Å². The van der Waals surface area contributed by atoms with E-state index in [2.05, 4.69) is 0 Å². The Labute approximate surface area is 142 Å². The summed E-state index contributed by atoms with van der Waals surface area (Å²) in [4.78, 5) is 15.3. The van der Waals surface area contributed by atoms with E-state index in [1.807, 2.05) is 24.3 Å². The molecule has 2 heterocycles. The summed E-state index contributed by atoms with van der Waals surface area (Å²) in [6, 6.07) is 12.3. The minimum absolute atomic E-state index is 0.108. The Bertz CT molecular complexity index is 921. The topological polar surface area (TPSA) is 20.3 Å². The number of rotatable bonds is 1. The van der Waals surface area contributed by atoms with Crippen LogP contribution in [0.2, 0.25) is 5.02 Å². The van der Waals surface area contributed by atoms with Gasteiger partial charge in [-0.15, -0.1) is 11.3 Å². The van der Waals surface area contributed by atoms with Crippen LogP contribution in [0.15, 0.2) is 42.5 Å². The van der Waals surface area contributed by atoms with Crippen LogP contribution in [0.4, 0.5) is 10.1 Å². The van der Waals surface area contributed by atoms with E-state index in [4.69, 9.17) is 11.6 Å². The highest BCUT2D eigenvalue weighted by molar-refractivity contribution is 7.21. The maximum atomic E-state index is 13.4. The first kappa shape index (κ1) is 14.7. The lowest BCUT2D eigenvalue weighted by Gasteiger charge is -2.29. The molecule has 3 aromatic rings. The fraction of sp³-hybridized carbons (Fsp3) is 0.167. The molecule has 0 aliphatic carbocycles. The maximum absolute atomic E-state index is 13.4. The first-order chi connectivity index (χ1) is 11.1. The predicted octanol–water partition coefficient (Wildman–Crippen LogP) is 5.29. The van der Waals surface area contributed by atoms with E-state index in [0.717, 1.165) is 34.2 Å². The standard InChI is InChI=1S/C18H13ClFNOS/c19-16-13-5-1-2-6-15(13)23-17(16)18(22)21-9-3-4-11-10-12(20)7-8-14(11)21/h1-2,5-8,10H,3-4,9H2. The summed E-state index contributed by atoms with van der Waals surface area (Å²) in [7, 11) is 0. The molecule has 0 unspecified atom stereocenters. The Hall–Kier alpha value is -1.91. The second kappa shape index (κ2) is 5.62. The number of thiophene rings is 1. The van der Waals surface area contributed by atoms with Crippen LogP contribution >= 0.6 is 22.9 Å². The second-order valence-electron chi connectivity index (χ2n) is 5.57. The summed E-state index contributed by atoms with van der Waals surface area (Å²) in [5.74, 6) is -0.373. The lowest BCUT2D eigenvalue weighted by atomic mass is 10.0. The molecule has 5 heteroatoms. The third kappa shape index (κ3) is 2.42. The highest BCUT2D eigenvalue weighted by Crippen LogP contribution is 2.38. The minimum Gasteiger partial charge on any atom is -0.307 e. The summed E-state index contributed by atoms with van der Waals surface area (Å²) in [6.07, 6.45) is 1.61. The number of hydrogen-bond acceptors (Lipinski definition) is 2. The zero-order chi connectivity index (χ0) is 16.0. The molecule has 0 atom stereocenters. The number of anilines is 1. The quantitative estimate of drug-likeness (QED) is 0.587. The molecule has 0 N–H and O–H groups in total. The van der Waals surface area contributed by atoms with Crippen LogP contribution in [-0.4, -0.2) is 12.5 Å². The van der Waals surface area contributed by atoms with Gasteiger partial charge in [0.25, 0.3) is 5.91 Å². The van der Waals surface area contributed by atoms with E-state index in [9.17, 15) is 9.18 Å². The van der Waals surface area contributed by atoms with E-state index in [1.54, 1.807) is 11.0 Å². The Morgan fingerprint density at radius 3 is 2.87 bits per heavy atom. The van der Waals surface area contributed by atoms with Crippen LogP contribution in [0.25, 0.3) is 10.1 Å². The molecular formula is C18H13ClFNOS. The van der Waals surface area contributed by atoms with Crippen molar-refractivity contribution in [1.82, 2.24) is 0 Å². The SMILES string of the molecule is O=C(c1sc2ccccc2c1Cl)N1CCCc2cc(F)ccc21. The van der Waals surface area contributed by atoms with Crippen molar-refractivity contribution < 1.29 is 9.18 Å². The molecule has 1 aliphatic rings. The number of carbonyl (C=O) groups excluding carboxylic acids is 1. The zero-order valence-electron chi connectivity index (χ0n) is 12.2. The number of fused-ring (bicyclic) bond motifs is 2. The number of benzene rings is 2. The average molecular weight is 346 g/mol. The van der Waals surface area contributed by atoms with E-state index in [1.165, 1.54) is 23.5 Å². The molecule has 0 bridgehead atoms. The molecule has 0 radical (unpaired) electrons. The third-order valence-corrected chi connectivity index (χ3v) is 5.80. The molecule has 0 saturated carbocycles. The van der Waals surface area contributed by atoms with E-state index in [-0.39, 0.29) is 11.7 Å². The molecular weight excluding hydrogens is 333 g/mol. The number of hydrogen-bond donors (Lipinski definition) is 0. The van der Waals surface area contributed by atoms with Crippen molar-refractivity contribution in [3.8, 4) is 0 Å². The number of amides is 1. The molecule has 1 aliphatic heterocycles. The van der Waals surface area contributed by atoms with Gasteiger partial charge in [-0.3, -0.25) is 4.79 Å². The number of nitrogens with zero attached hydrogens (tertiary/aromatic N) is 1. The van der Waals surface area contributed by atoms with Crippen LogP contribution < -0.4 is 4.90 Å². The summed E-state index contributed by atoms with van der Waals surface area (Å²) >= 11 is 7.83. The predicted molar refractivity (Wildman–Crippen MR) is 93.2 cm³/mol. The van der Waals surface area contributed by atoms with Crippen molar-refractivity contribution in [3.63, 3.8) is 0 Å². The van der Waals surface area contributed by atoms with Gasteiger partial charge in [0.05, 0.1) is 5.02 Å². The smallest absolute Gasteiger partial charge is 0.269 e. The molecule has 0 spiro atoms. The zero-order valence-corrected chi connectivity index (χ0v) is 13.8. The van der Waals surface area contributed by atoms with Gasteiger partial charge in [0, 0.05) is 22.3 Å². The lowest BCUT2D eigenvalue weighted by molar-refractivity contribution is 0.0989. The van der Waals surface area contributed by atoms with Gasteiger partial charge in [-0.05, 0) is 42.7 Å². The largest absolute Gasteiger partial charge is 0.307 e. The van der Waals surface area contributed by atoms with E-state index >= 15 is 0 Å². The van der Waals surface area contributed by atoms with Crippen molar-refractivity contribution in [2.75, 3.05) is 11.4 Å². The molecule has 23 heavy (non-hydrogen) atoms. The maximum Gasteiger partial charge on any atom is 0.269 e. The average Bonchev–Trinajstić information content (AvgIpc) is 2.91. The Morgan fingerprint density at radius 1 is 1.22 bits per heavy atom. The summed E-state index contributed by atoms with van der Waals surface area (Å²) < 4.78 is 14.4. The van der Waals surface area contributed by atoms with Crippen molar-refractivity contribution in [3.05, 3.63) is 63.7 Å². The number of carbonyl (C=O) groups is 1. The highest BCUT2D eigenvalue weighted by atomic mass is 35.5. The van der Waals surface area contributed by atoms with Crippen molar-refractivity contribution in [2.45, 2.75) is 12.8 Å². The molecule has 0 saturated heterocycles. The van der Waals surface area contributed by atoms with Gasteiger partial charge < -0.3 is 4.90 Å². The summed E-state index contributed by atoms with van der Waals surface area (Å²) in [5, 5.41) is 1.41. The minimum atomic E-state index is -0.266. The molecule has 1 aromatic heterocycles. The van der Waals surface area contributed by atoms with Gasteiger partial charge in [-0.1, -0.05) is 29.8 Å². The molecule has 116 valence electrons. The van der Waals surface area contributed by atoms with Gasteiger partial charge >= 0.3 is 0 Å². The molecule has 2 aromatic carbocycles. The number of halogens is 2. The van der Waals surface area contributed by atoms with Crippen LogP contribution in [-0.2, 0) is 6.42 Å². The highest BCUT2D eigenvalue weighted by Gasteiger charge is 2.27. The first-order valence-electron chi connectivity index (χ1n) is 7.42. The van der Waals surface area contributed by atoms with E-state index < -0.39 is 0 Å². The fourth-order valence-electron chi connectivity index (χ4n) is 3.05. The molecule has 2 nitrogen and oxygen atoms in total. The van der Waals surface area contributed by atoms with Gasteiger partial charge in [-0.25, -0.2) is 4.39 Å². The van der Waals surface area contributed by atoms with E-state index in [0.29, 0.717) is 16.4 Å². The van der Waals surface area contributed by atoms with Crippen LogP contribution in [0, 0.1) is 5.82 Å². The van der Waals surface area contributed by atoms with Crippen LogP contribution in [0.1, 0.15) is 21.7 Å². The van der Waals surface area contributed by atoms with Gasteiger partial charge in [0.2, 0.25) is 0 Å². The molecule has 4 rings (SSSR count). The van der Waals surface area contributed by atoms with Gasteiger partial charge in [0.15, 0.2) is 0 Å². The normalized spacial score (nSPS) is 14.1. The van der Waals surface area contributed by atoms with Crippen molar-refractivity contribution in [1.29, 1.82) is 0 Å². The lowest BCUT2D eigenvalue weighted by Crippen LogP contribution is -2.35. The van der Waals surface area contributed by atoms with Crippen molar-refractivity contribution >= 4 is 44.6 Å². The second-order valence-corrected chi connectivity index (χ2v) is 7.00. The Kier molecular flexibility index (Phi) is 3.58. The third-order valence-electron chi connectivity index (χ3n) is 4.13. The van der Waals surface area contributed by atoms with Crippen LogP contribution in [0.3, 0.4) is 0 Å². The molecule has 1 amide bonds. The Morgan fingerprint density at radius 2 is 2.04 bits per heavy atom. The van der Waals surface area contributed by atoms with Gasteiger partial charge in [-0.2, -0.15) is 0 Å². The van der Waals surface area contributed by atoms with Crippen molar-refractivity contribution in [2.24, 2.45) is 0 Å². The first-order valence-corrected chi connectivity index (χ1v) is 8.62. The fourth-order valence-corrected chi connectivity index (χ4v) is 4.51. The number of aryl methyl sites for hydroxylation is 1. The molecule has 0 fully saturated rings. The summed E-state index contributed by atoms with van der Waals surface area (Å²) in [5.41, 5.74) is 1.66. The monoisotopic (exact) mass is 345 g/mol.